The van der Waals surface area contributed by atoms with Crippen molar-refractivity contribution >= 4 is 5.91 Å². The Bertz CT molecular complexity index is 417. The predicted molar refractivity (Wildman–Crippen MR) is 56.7 cm³/mol. The standard InChI is InChI=1S/C12H11F2NO/c1-3-5-8(2)15-12(16)11-9(13)6-4-7-10(11)14/h1,4,6-8H,5H2,2H3,(H,15,16). The predicted octanol–water partition coefficient (Wildman–Crippen LogP) is 2.11. The number of benzene rings is 1. The van der Waals surface area contributed by atoms with Crippen LogP contribution in [-0.4, -0.2) is 11.9 Å². The minimum Gasteiger partial charge on any atom is -0.348 e. The Morgan fingerprint density at radius 1 is 1.50 bits per heavy atom. The molecule has 0 aromatic heterocycles. The largest absolute Gasteiger partial charge is 0.348 e. The lowest BCUT2D eigenvalue weighted by Gasteiger charge is -2.11. The number of nitrogens with one attached hydrogen (secondary N) is 1. The maximum Gasteiger partial charge on any atom is 0.257 e. The summed E-state index contributed by atoms with van der Waals surface area (Å²) in [4.78, 5) is 11.5. The molecule has 1 amide bonds. The lowest BCUT2D eigenvalue weighted by Crippen LogP contribution is -2.33. The van der Waals surface area contributed by atoms with E-state index in [1.807, 2.05) is 0 Å². The Balaban J connectivity index is 2.85. The van der Waals surface area contributed by atoms with E-state index in [0.29, 0.717) is 6.42 Å². The van der Waals surface area contributed by atoms with Gasteiger partial charge in [-0.25, -0.2) is 8.78 Å². The molecule has 0 spiro atoms. The van der Waals surface area contributed by atoms with E-state index in [0.717, 1.165) is 12.1 Å². The van der Waals surface area contributed by atoms with Gasteiger partial charge >= 0.3 is 0 Å². The summed E-state index contributed by atoms with van der Waals surface area (Å²) >= 11 is 0. The van der Waals surface area contributed by atoms with Crippen molar-refractivity contribution < 1.29 is 13.6 Å². The monoisotopic (exact) mass is 223 g/mol. The molecule has 0 fully saturated rings. The van der Waals surface area contributed by atoms with Gasteiger partial charge in [-0.1, -0.05) is 6.07 Å². The molecule has 0 radical (unpaired) electrons. The van der Waals surface area contributed by atoms with E-state index in [2.05, 4.69) is 11.2 Å². The summed E-state index contributed by atoms with van der Waals surface area (Å²) in [6.45, 7) is 1.66. The minimum absolute atomic E-state index is 0.307. The highest BCUT2D eigenvalue weighted by atomic mass is 19.1. The highest BCUT2D eigenvalue weighted by Crippen LogP contribution is 2.12. The normalized spacial score (nSPS) is 11.6. The van der Waals surface area contributed by atoms with Gasteiger partial charge < -0.3 is 5.32 Å². The molecular weight excluding hydrogens is 212 g/mol. The highest BCUT2D eigenvalue weighted by molar-refractivity contribution is 5.94. The van der Waals surface area contributed by atoms with E-state index in [-0.39, 0.29) is 6.04 Å². The second kappa shape index (κ2) is 5.26. The zero-order valence-electron chi connectivity index (χ0n) is 8.76. The first-order valence-electron chi connectivity index (χ1n) is 4.74. The molecule has 1 aromatic carbocycles. The first-order valence-corrected chi connectivity index (χ1v) is 4.74. The zero-order valence-corrected chi connectivity index (χ0v) is 8.76. The first-order chi connectivity index (χ1) is 7.56. The number of hydrogen-bond acceptors (Lipinski definition) is 1. The van der Waals surface area contributed by atoms with Crippen molar-refractivity contribution in [1.82, 2.24) is 5.32 Å². The fourth-order valence-electron chi connectivity index (χ4n) is 1.24. The van der Waals surface area contributed by atoms with Gasteiger partial charge in [-0.2, -0.15) is 0 Å². The van der Waals surface area contributed by atoms with Crippen molar-refractivity contribution in [2.45, 2.75) is 19.4 Å². The van der Waals surface area contributed by atoms with Crippen molar-refractivity contribution in [3.63, 3.8) is 0 Å². The second-order valence-corrected chi connectivity index (χ2v) is 3.38. The molecule has 1 rings (SSSR count). The zero-order chi connectivity index (χ0) is 12.1. The number of carbonyl (C=O) groups is 1. The van der Waals surface area contributed by atoms with Crippen molar-refractivity contribution in [2.75, 3.05) is 0 Å². The molecule has 0 saturated heterocycles. The summed E-state index contributed by atoms with van der Waals surface area (Å²) in [6.07, 6.45) is 5.36. The van der Waals surface area contributed by atoms with Crippen LogP contribution in [0.2, 0.25) is 0 Å². The first kappa shape index (κ1) is 12.2. The summed E-state index contributed by atoms with van der Waals surface area (Å²) in [5.41, 5.74) is -0.577. The van der Waals surface area contributed by atoms with Gasteiger partial charge in [0.2, 0.25) is 0 Å². The number of rotatable bonds is 3. The summed E-state index contributed by atoms with van der Waals surface area (Å²) in [5.74, 6) is -0.210. The molecule has 84 valence electrons. The average molecular weight is 223 g/mol. The number of hydrogen-bond donors (Lipinski definition) is 1. The number of amides is 1. The van der Waals surface area contributed by atoms with Crippen LogP contribution in [0.1, 0.15) is 23.7 Å². The van der Waals surface area contributed by atoms with Crippen LogP contribution < -0.4 is 5.32 Å². The Morgan fingerprint density at radius 3 is 2.56 bits per heavy atom. The Labute approximate surface area is 92.7 Å². The van der Waals surface area contributed by atoms with Gasteiger partial charge in [0.25, 0.3) is 5.91 Å². The topological polar surface area (TPSA) is 29.1 Å². The lowest BCUT2D eigenvalue weighted by molar-refractivity contribution is 0.0932. The molecule has 0 heterocycles. The highest BCUT2D eigenvalue weighted by Gasteiger charge is 2.17. The average Bonchev–Trinajstić information content (AvgIpc) is 2.17. The van der Waals surface area contributed by atoms with E-state index in [1.54, 1.807) is 6.92 Å². The van der Waals surface area contributed by atoms with Crippen LogP contribution in [0.25, 0.3) is 0 Å². The maximum absolute atomic E-state index is 13.2. The molecule has 0 aliphatic heterocycles. The van der Waals surface area contributed by atoms with Crippen molar-refractivity contribution in [3.8, 4) is 12.3 Å². The van der Waals surface area contributed by atoms with Gasteiger partial charge in [-0.05, 0) is 19.1 Å². The van der Waals surface area contributed by atoms with Crippen LogP contribution >= 0.6 is 0 Å². The van der Waals surface area contributed by atoms with E-state index < -0.39 is 23.1 Å². The third-order valence-corrected chi connectivity index (χ3v) is 1.99. The van der Waals surface area contributed by atoms with E-state index in [9.17, 15) is 13.6 Å². The summed E-state index contributed by atoms with van der Waals surface area (Å²) in [7, 11) is 0. The number of terminal acetylenes is 1. The van der Waals surface area contributed by atoms with Crippen molar-refractivity contribution in [2.24, 2.45) is 0 Å². The molecule has 1 aromatic rings. The molecule has 0 bridgehead atoms. The third-order valence-electron chi connectivity index (χ3n) is 1.99. The molecule has 0 aliphatic carbocycles. The van der Waals surface area contributed by atoms with Crippen LogP contribution in [0.3, 0.4) is 0 Å². The molecule has 0 saturated carbocycles. The van der Waals surface area contributed by atoms with E-state index in [4.69, 9.17) is 6.42 Å². The van der Waals surface area contributed by atoms with Crippen LogP contribution in [0, 0.1) is 24.0 Å². The summed E-state index contributed by atoms with van der Waals surface area (Å²) < 4.78 is 26.4. The van der Waals surface area contributed by atoms with Gasteiger partial charge in [0, 0.05) is 12.5 Å². The second-order valence-electron chi connectivity index (χ2n) is 3.38. The summed E-state index contributed by atoms with van der Waals surface area (Å²) in [6, 6.07) is 2.94. The molecule has 4 heteroatoms. The van der Waals surface area contributed by atoms with Gasteiger partial charge in [-0.15, -0.1) is 12.3 Å². The quantitative estimate of drug-likeness (QED) is 0.781. The lowest BCUT2D eigenvalue weighted by atomic mass is 10.1. The summed E-state index contributed by atoms with van der Waals surface area (Å²) in [5, 5.41) is 2.42. The van der Waals surface area contributed by atoms with Crippen LogP contribution in [0.5, 0.6) is 0 Å². The molecule has 1 atom stereocenters. The number of halogens is 2. The molecule has 16 heavy (non-hydrogen) atoms. The maximum atomic E-state index is 13.2. The van der Waals surface area contributed by atoms with Crippen LogP contribution in [-0.2, 0) is 0 Å². The van der Waals surface area contributed by atoms with Crippen molar-refractivity contribution in [3.05, 3.63) is 35.4 Å². The van der Waals surface area contributed by atoms with E-state index in [1.165, 1.54) is 6.07 Å². The third kappa shape index (κ3) is 2.80. The van der Waals surface area contributed by atoms with Crippen molar-refractivity contribution in [1.29, 1.82) is 0 Å². The van der Waals surface area contributed by atoms with Gasteiger partial charge in [-0.3, -0.25) is 4.79 Å². The van der Waals surface area contributed by atoms with E-state index >= 15 is 0 Å². The fraction of sp³-hybridized carbons (Fsp3) is 0.250. The molecule has 0 aliphatic rings. The van der Waals surface area contributed by atoms with Gasteiger partial charge in [0.15, 0.2) is 0 Å². The molecule has 2 nitrogen and oxygen atoms in total. The van der Waals surface area contributed by atoms with Crippen LogP contribution in [0.15, 0.2) is 18.2 Å². The van der Waals surface area contributed by atoms with Gasteiger partial charge in [0.1, 0.15) is 17.2 Å². The Hall–Kier alpha value is -1.89. The van der Waals surface area contributed by atoms with Crippen LogP contribution in [0.4, 0.5) is 8.78 Å². The molecular formula is C12H11F2NO. The van der Waals surface area contributed by atoms with Gasteiger partial charge in [0.05, 0.1) is 0 Å². The molecule has 1 N–H and O–H groups in total. The smallest absolute Gasteiger partial charge is 0.257 e. The minimum atomic E-state index is -0.884. The fourth-order valence-corrected chi connectivity index (χ4v) is 1.24. The number of carbonyl (C=O) groups excluding carboxylic acids is 1. The Morgan fingerprint density at radius 2 is 2.06 bits per heavy atom. The SMILES string of the molecule is C#CCC(C)NC(=O)c1c(F)cccc1F. The Kier molecular flexibility index (Phi) is 4.01. The molecule has 1 unspecified atom stereocenters.